The largest absolute Gasteiger partial charge is 0.510 e. The first-order chi connectivity index (χ1) is 13.3. The molecule has 28 heavy (non-hydrogen) atoms. The molecule has 1 fully saturated rings. The van der Waals surface area contributed by atoms with Crippen molar-refractivity contribution in [2.45, 2.75) is 96.6 Å². The fourth-order valence-corrected chi connectivity index (χ4v) is 3.12. The Kier molecular flexibility index (Phi) is 11.3. The molecular formula is C19H35N3O6. The molecule has 0 aliphatic carbocycles. The third kappa shape index (κ3) is 9.77. The van der Waals surface area contributed by atoms with Crippen LogP contribution in [0.3, 0.4) is 0 Å². The van der Waals surface area contributed by atoms with Crippen LogP contribution in [-0.2, 0) is 19.0 Å². The van der Waals surface area contributed by atoms with Gasteiger partial charge in [-0.2, -0.15) is 0 Å². The second-order valence-electron chi connectivity index (χ2n) is 7.22. The number of alkyl carbamates (subject to hydrolysis) is 1. The van der Waals surface area contributed by atoms with E-state index in [-0.39, 0.29) is 24.6 Å². The Balaban J connectivity index is 2.48. The molecule has 9 heteroatoms. The summed E-state index contributed by atoms with van der Waals surface area (Å²) in [6.07, 6.45) is 4.48. The van der Waals surface area contributed by atoms with Gasteiger partial charge < -0.3 is 30.6 Å². The second-order valence-corrected chi connectivity index (χ2v) is 7.22. The van der Waals surface area contributed by atoms with E-state index in [1.54, 1.807) is 0 Å². The van der Waals surface area contributed by atoms with Gasteiger partial charge in [-0.1, -0.05) is 46.0 Å². The van der Waals surface area contributed by atoms with Crippen molar-refractivity contribution in [2.24, 2.45) is 5.73 Å². The zero-order chi connectivity index (χ0) is 20.9. The molecule has 4 N–H and O–H groups in total. The van der Waals surface area contributed by atoms with E-state index in [1.165, 1.54) is 6.92 Å². The zero-order valence-corrected chi connectivity index (χ0v) is 17.2. The van der Waals surface area contributed by atoms with Crippen molar-refractivity contribution in [1.82, 2.24) is 10.6 Å². The summed E-state index contributed by atoms with van der Waals surface area (Å²) < 4.78 is 14.9. The van der Waals surface area contributed by atoms with Gasteiger partial charge in [-0.3, -0.25) is 4.79 Å². The highest BCUT2D eigenvalue weighted by atomic mass is 16.8. The Labute approximate surface area is 167 Å². The monoisotopic (exact) mass is 401 g/mol. The highest BCUT2D eigenvalue weighted by Gasteiger charge is 2.38. The summed E-state index contributed by atoms with van der Waals surface area (Å²) in [6.45, 7) is 5.30. The van der Waals surface area contributed by atoms with Crippen LogP contribution in [0.1, 0.15) is 72.1 Å². The summed E-state index contributed by atoms with van der Waals surface area (Å²) in [7, 11) is 0. The lowest BCUT2D eigenvalue weighted by atomic mass is 9.98. The van der Waals surface area contributed by atoms with Crippen molar-refractivity contribution < 1.29 is 28.6 Å². The number of nitrogens with one attached hydrogen (secondary N) is 2. The summed E-state index contributed by atoms with van der Waals surface area (Å²) >= 11 is 0. The van der Waals surface area contributed by atoms with Crippen molar-refractivity contribution in [3.63, 3.8) is 0 Å². The van der Waals surface area contributed by atoms with Crippen LogP contribution in [0.2, 0.25) is 0 Å². The summed E-state index contributed by atoms with van der Waals surface area (Å²) in [5, 5.41) is 5.30. The molecule has 1 aliphatic heterocycles. The van der Waals surface area contributed by atoms with E-state index in [1.807, 2.05) is 0 Å². The van der Waals surface area contributed by atoms with E-state index in [9.17, 15) is 14.4 Å². The van der Waals surface area contributed by atoms with Gasteiger partial charge in [0, 0.05) is 19.0 Å². The van der Waals surface area contributed by atoms with Gasteiger partial charge in [-0.05, 0) is 19.3 Å². The molecule has 1 aliphatic rings. The Morgan fingerprint density at radius 3 is 2.54 bits per heavy atom. The number of cyclic esters (lactones) is 2. The van der Waals surface area contributed by atoms with Gasteiger partial charge in [0.25, 0.3) is 0 Å². The van der Waals surface area contributed by atoms with Crippen LogP contribution in [-0.4, -0.2) is 49.2 Å². The fourth-order valence-electron chi connectivity index (χ4n) is 3.12. The molecule has 1 unspecified atom stereocenters. The smallest absolute Gasteiger partial charge is 0.445 e. The molecule has 1 rings (SSSR count). The van der Waals surface area contributed by atoms with Crippen molar-refractivity contribution >= 4 is 18.2 Å². The number of nitrogens with two attached hydrogens (primary N) is 1. The first-order valence-electron chi connectivity index (χ1n) is 10.2. The summed E-state index contributed by atoms with van der Waals surface area (Å²) in [6, 6.07) is -0.0470. The molecule has 0 spiro atoms. The Bertz CT molecular complexity index is 502. The highest BCUT2D eigenvalue weighted by Crippen LogP contribution is 2.15. The number of hydrogen-bond donors (Lipinski definition) is 3. The summed E-state index contributed by atoms with van der Waals surface area (Å²) in [4.78, 5) is 34.6. The first kappa shape index (κ1) is 24.0. The molecule has 0 saturated carbocycles. The number of unbranched alkanes of at least 4 members (excludes halogenated alkanes) is 3. The maximum absolute atomic E-state index is 12.2. The standard InChI is InChI=1S/C19H35N3O6/c1-4-6-7-8-10-15(11-14(20)9-5-2)22-18(24)26-12-16-17(21-13(3)23)28-19(25)27-16/h14-17H,4-12,20H2,1-3H3,(H,21,23)(H,22,24)/t14?,15-,16+,17+/m0/s1. The SMILES string of the molecule is CCCCCC[C@@H](CC(N)CCC)NC(=O)OC[C@H]1OC(=O)O[C@H]1NC(C)=O. The third-order valence-electron chi connectivity index (χ3n) is 4.51. The first-order valence-corrected chi connectivity index (χ1v) is 10.2. The molecule has 4 atom stereocenters. The Morgan fingerprint density at radius 1 is 1.14 bits per heavy atom. The van der Waals surface area contributed by atoms with Crippen molar-refractivity contribution in [2.75, 3.05) is 6.61 Å². The van der Waals surface area contributed by atoms with Gasteiger partial charge >= 0.3 is 12.2 Å². The van der Waals surface area contributed by atoms with E-state index in [0.29, 0.717) is 6.42 Å². The van der Waals surface area contributed by atoms with Crippen LogP contribution in [0, 0.1) is 0 Å². The molecule has 1 heterocycles. The minimum absolute atomic E-state index is 0.0230. The Hall–Kier alpha value is -2.03. The topological polar surface area (TPSA) is 129 Å². The van der Waals surface area contributed by atoms with Crippen LogP contribution in [0.4, 0.5) is 9.59 Å². The molecule has 0 aromatic carbocycles. The molecular weight excluding hydrogens is 366 g/mol. The minimum Gasteiger partial charge on any atom is -0.445 e. The van der Waals surface area contributed by atoms with E-state index >= 15 is 0 Å². The lowest BCUT2D eigenvalue weighted by Gasteiger charge is -2.22. The summed E-state index contributed by atoms with van der Waals surface area (Å²) in [5.74, 6) is -0.380. The van der Waals surface area contributed by atoms with Gasteiger partial charge in [-0.25, -0.2) is 9.59 Å². The molecule has 2 amide bonds. The normalized spacial score (nSPS) is 20.6. The van der Waals surface area contributed by atoms with Crippen molar-refractivity contribution in [3.8, 4) is 0 Å². The Morgan fingerprint density at radius 2 is 1.89 bits per heavy atom. The van der Waals surface area contributed by atoms with Crippen LogP contribution < -0.4 is 16.4 Å². The fraction of sp³-hybridized carbons (Fsp3) is 0.842. The maximum Gasteiger partial charge on any atom is 0.510 e. The zero-order valence-electron chi connectivity index (χ0n) is 17.2. The lowest BCUT2D eigenvalue weighted by Crippen LogP contribution is -2.44. The van der Waals surface area contributed by atoms with E-state index in [0.717, 1.165) is 44.9 Å². The quantitative estimate of drug-likeness (QED) is 0.319. The molecule has 9 nitrogen and oxygen atoms in total. The predicted molar refractivity (Wildman–Crippen MR) is 103 cm³/mol. The number of ether oxygens (including phenoxy) is 3. The number of carbonyl (C=O) groups excluding carboxylic acids is 3. The molecule has 0 aromatic heterocycles. The summed E-state index contributed by atoms with van der Waals surface area (Å²) in [5.41, 5.74) is 6.14. The highest BCUT2D eigenvalue weighted by molar-refractivity contribution is 5.74. The number of amides is 2. The van der Waals surface area contributed by atoms with Crippen molar-refractivity contribution in [3.05, 3.63) is 0 Å². The number of carbonyl (C=O) groups is 3. The van der Waals surface area contributed by atoms with Crippen molar-refractivity contribution in [1.29, 1.82) is 0 Å². The predicted octanol–water partition coefficient (Wildman–Crippen LogP) is 2.57. The molecule has 0 aromatic rings. The van der Waals surface area contributed by atoms with Crippen LogP contribution >= 0.6 is 0 Å². The van der Waals surface area contributed by atoms with Gasteiger partial charge in [0.1, 0.15) is 6.61 Å². The molecule has 1 saturated heterocycles. The van der Waals surface area contributed by atoms with Crippen LogP contribution in [0.15, 0.2) is 0 Å². The third-order valence-corrected chi connectivity index (χ3v) is 4.51. The average Bonchev–Trinajstić information content (AvgIpc) is 2.95. The number of hydrogen-bond acceptors (Lipinski definition) is 7. The van der Waals surface area contributed by atoms with Gasteiger partial charge in [0.05, 0.1) is 0 Å². The van der Waals surface area contributed by atoms with E-state index in [2.05, 4.69) is 24.5 Å². The lowest BCUT2D eigenvalue weighted by molar-refractivity contribution is -0.122. The van der Waals surface area contributed by atoms with E-state index < -0.39 is 24.6 Å². The maximum atomic E-state index is 12.2. The molecule has 162 valence electrons. The van der Waals surface area contributed by atoms with E-state index in [4.69, 9.17) is 19.9 Å². The van der Waals surface area contributed by atoms with Gasteiger partial charge in [0.15, 0.2) is 6.10 Å². The molecule has 0 bridgehead atoms. The molecule has 0 radical (unpaired) electrons. The average molecular weight is 402 g/mol. The van der Waals surface area contributed by atoms with Crippen LogP contribution in [0.25, 0.3) is 0 Å². The minimum atomic E-state index is -0.972. The van der Waals surface area contributed by atoms with Crippen LogP contribution in [0.5, 0.6) is 0 Å². The van der Waals surface area contributed by atoms with Gasteiger partial charge in [-0.15, -0.1) is 0 Å². The second kappa shape index (κ2) is 13.2. The number of rotatable bonds is 13. The van der Waals surface area contributed by atoms with Gasteiger partial charge in [0.2, 0.25) is 12.1 Å².